The van der Waals surface area contributed by atoms with Gasteiger partial charge in [0.25, 0.3) is 5.56 Å². The Morgan fingerprint density at radius 3 is 2.55 bits per heavy atom. The van der Waals surface area contributed by atoms with Gasteiger partial charge in [-0.2, -0.15) is 5.26 Å². The van der Waals surface area contributed by atoms with Crippen molar-refractivity contribution in [2.24, 2.45) is 11.8 Å². The molecule has 1 amide bonds. The van der Waals surface area contributed by atoms with Crippen molar-refractivity contribution in [3.8, 4) is 17.2 Å². The minimum atomic E-state index is -0.722. The molecule has 2 heterocycles. The largest absolute Gasteiger partial charge is 0.444 e. The third-order valence-corrected chi connectivity index (χ3v) is 7.77. The fraction of sp³-hybridized carbons (Fsp3) is 0.548. The standard InChI is InChI=1S/C31H39FN4O4/c1-31(2,3)40-30(39)36-25-10-8-23(16-25)29(36)27(37)15-20(18-33)14-22-7-6-21(17-26(22)32)24-9-11-28(38)35(19-24)13-12-34(4)5/h6-7,9,11,17,19-20,23,25,29H,8,10,12-16H2,1-5H3/t20-,23+,25-,29+/m1/s1. The number of hydrogen-bond donors (Lipinski definition) is 0. The summed E-state index contributed by atoms with van der Waals surface area (Å²) in [5.41, 5.74) is 0.897. The third kappa shape index (κ3) is 6.79. The van der Waals surface area contributed by atoms with Crippen molar-refractivity contribution in [2.45, 2.75) is 77.1 Å². The van der Waals surface area contributed by atoms with E-state index in [4.69, 9.17) is 4.74 Å². The number of Topliss-reactive ketones (excluding diaryl/α,β-unsaturated/α-hetero) is 1. The smallest absolute Gasteiger partial charge is 0.411 e. The normalized spacial score (nSPS) is 20.9. The zero-order chi connectivity index (χ0) is 29.2. The Kier molecular flexibility index (Phi) is 8.79. The maximum atomic E-state index is 15.2. The molecule has 1 aromatic carbocycles. The van der Waals surface area contributed by atoms with E-state index in [-0.39, 0.29) is 36.1 Å². The van der Waals surface area contributed by atoms with Gasteiger partial charge in [-0.25, -0.2) is 9.18 Å². The van der Waals surface area contributed by atoms with Gasteiger partial charge in [0.1, 0.15) is 11.4 Å². The molecule has 0 N–H and O–H groups in total. The Hall–Kier alpha value is -3.51. The molecule has 0 unspecified atom stereocenters. The monoisotopic (exact) mass is 550 g/mol. The number of nitrogens with zero attached hydrogens (tertiary/aromatic N) is 4. The van der Waals surface area contributed by atoms with Gasteiger partial charge in [0.2, 0.25) is 0 Å². The molecule has 214 valence electrons. The highest BCUT2D eigenvalue weighted by molar-refractivity contribution is 5.89. The first-order chi connectivity index (χ1) is 18.9. The molecule has 8 nitrogen and oxygen atoms in total. The first-order valence-electron chi connectivity index (χ1n) is 13.9. The molecule has 4 atom stereocenters. The highest BCUT2D eigenvalue weighted by Crippen LogP contribution is 2.44. The Bertz CT molecular complexity index is 1360. The molecule has 40 heavy (non-hydrogen) atoms. The summed E-state index contributed by atoms with van der Waals surface area (Å²) < 4.78 is 22.4. The lowest BCUT2D eigenvalue weighted by Crippen LogP contribution is -2.51. The number of carbonyl (C=O) groups excluding carboxylic acids is 2. The van der Waals surface area contributed by atoms with Crippen molar-refractivity contribution in [3.05, 3.63) is 58.3 Å². The molecule has 2 fully saturated rings. The van der Waals surface area contributed by atoms with Gasteiger partial charge in [0.15, 0.2) is 5.78 Å². The molecule has 2 aliphatic rings. The van der Waals surface area contributed by atoms with Gasteiger partial charge < -0.3 is 14.2 Å². The number of aromatic nitrogens is 1. The van der Waals surface area contributed by atoms with Crippen LogP contribution in [0.1, 0.15) is 52.0 Å². The molecule has 1 aliphatic carbocycles. The number of ketones is 1. The van der Waals surface area contributed by atoms with Crippen LogP contribution in [0.3, 0.4) is 0 Å². The van der Waals surface area contributed by atoms with E-state index in [1.54, 1.807) is 54.6 Å². The number of ether oxygens (including phenoxy) is 1. The second-order valence-electron chi connectivity index (χ2n) is 12.3. The summed E-state index contributed by atoms with van der Waals surface area (Å²) in [5, 5.41) is 9.84. The van der Waals surface area contributed by atoms with E-state index >= 15 is 4.39 Å². The Morgan fingerprint density at radius 2 is 1.90 bits per heavy atom. The quantitative estimate of drug-likeness (QED) is 0.451. The predicted octanol–water partition coefficient (Wildman–Crippen LogP) is 4.65. The van der Waals surface area contributed by atoms with Gasteiger partial charge in [-0.1, -0.05) is 12.1 Å². The molecular weight excluding hydrogens is 511 g/mol. The lowest BCUT2D eigenvalue weighted by atomic mass is 9.87. The van der Waals surface area contributed by atoms with Crippen molar-refractivity contribution in [1.82, 2.24) is 14.4 Å². The van der Waals surface area contributed by atoms with E-state index in [1.807, 2.05) is 19.0 Å². The van der Waals surface area contributed by atoms with Crippen molar-refractivity contribution in [1.29, 1.82) is 5.26 Å². The van der Waals surface area contributed by atoms with Crippen molar-refractivity contribution in [3.63, 3.8) is 0 Å². The van der Waals surface area contributed by atoms with Crippen LogP contribution in [0.5, 0.6) is 0 Å². The zero-order valence-electron chi connectivity index (χ0n) is 24.0. The number of amides is 1. The number of likely N-dealkylation sites (tertiary alicyclic amines) is 1. The Morgan fingerprint density at radius 1 is 1.18 bits per heavy atom. The van der Waals surface area contributed by atoms with Gasteiger partial charge in [-0.15, -0.1) is 0 Å². The number of rotatable bonds is 9. The highest BCUT2D eigenvalue weighted by Gasteiger charge is 2.52. The van der Waals surface area contributed by atoms with Gasteiger partial charge in [-0.05, 0) is 95.3 Å². The molecule has 4 rings (SSSR count). The lowest BCUT2D eigenvalue weighted by molar-refractivity contribution is -0.126. The predicted molar refractivity (Wildman–Crippen MR) is 150 cm³/mol. The zero-order valence-corrected chi connectivity index (χ0v) is 24.0. The minimum Gasteiger partial charge on any atom is -0.444 e. The van der Waals surface area contributed by atoms with E-state index in [9.17, 15) is 19.6 Å². The summed E-state index contributed by atoms with van der Waals surface area (Å²) in [7, 11) is 3.86. The molecule has 1 saturated heterocycles. The number of halogens is 1. The van der Waals surface area contributed by atoms with Crippen LogP contribution in [0.25, 0.3) is 11.1 Å². The summed E-state index contributed by atoms with van der Waals surface area (Å²) in [6.45, 7) is 6.60. The summed E-state index contributed by atoms with van der Waals surface area (Å²) in [6, 6.07) is 9.52. The number of hydrogen-bond acceptors (Lipinski definition) is 6. The summed E-state index contributed by atoms with van der Waals surface area (Å²) in [5.74, 6) is -1.28. The first-order valence-corrected chi connectivity index (χ1v) is 13.9. The van der Waals surface area contributed by atoms with Crippen LogP contribution < -0.4 is 5.56 Å². The van der Waals surface area contributed by atoms with Crippen LogP contribution in [0.4, 0.5) is 9.18 Å². The number of fused-ring (bicyclic) bond motifs is 2. The second-order valence-corrected chi connectivity index (χ2v) is 12.3. The number of pyridine rings is 1. The minimum absolute atomic E-state index is 0.0171. The third-order valence-electron chi connectivity index (χ3n) is 7.77. The highest BCUT2D eigenvalue weighted by atomic mass is 19.1. The fourth-order valence-electron chi connectivity index (χ4n) is 5.85. The van der Waals surface area contributed by atoms with Gasteiger partial charge >= 0.3 is 6.09 Å². The molecule has 0 spiro atoms. The van der Waals surface area contributed by atoms with Crippen LogP contribution in [-0.2, 0) is 22.5 Å². The van der Waals surface area contributed by atoms with Crippen molar-refractivity contribution >= 4 is 11.9 Å². The topological polar surface area (TPSA) is 95.6 Å². The lowest BCUT2D eigenvalue weighted by Gasteiger charge is -2.35. The average Bonchev–Trinajstić information content (AvgIpc) is 3.50. The van der Waals surface area contributed by atoms with E-state index in [0.717, 1.165) is 19.3 Å². The van der Waals surface area contributed by atoms with Gasteiger partial charge in [-0.3, -0.25) is 14.5 Å². The molecular formula is C31H39FN4O4. The van der Waals surface area contributed by atoms with Crippen molar-refractivity contribution in [2.75, 3.05) is 20.6 Å². The SMILES string of the molecule is CN(C)CCn1cc(-c2ccc(C[C@@H](C#N)CC(=O)[C@@H]3[C@H]4CC[C@H](C4)N3C(=O)OC(C)(C)C)c(F)c2)ccc1=O. The number of carbonyl (C=O) groups is 2. The van der Waals surface area contributed by atoms with Crippen LogP contribution in [0.2, 0.25) is 0 Å². The summed E-state index contributed by atoms with van der Waals surface area (Å²) in [6.07, 6.45) is 3.76. The van der Waals surface area contributed by atoms with E-state index < -0.39 is 29.5 Å². The Balaban J connectivity index is 1.45. The van der Waals surface area contributed by atoms with E-state index in [1.165, 1.54) is 12.1 Å². The molecule has 1 saturated carbocycles. The molecule has 1 aliphatic heterocycles. The number of nitriles is 1. The molecule has 1 aromatic heterocycles. The maximum absolute atomic E-state index is 15.2. The molecule has 9 heteroatoms. The second kappa shape index (κ2) is 11.9. The van der Waals surface area contributed by atoms with Crippen LogP contribution in [0.15, 0.2) is 41.3 Å². The van der Waals surface area contributed by atoms with Crippen LogP contribution in [0, 0.1) is 29.0 Å². The number of benzene rings is 1. The molecule has 0 radical (unpaired) electrons. The summed E-state index contributed by atoms with van der Waals surface area (Å²) in [4.78, 5) is 42.1. The number of piperidine rings is 1. The number of likely N-dealkylation sites (N-methyl/N-ethyl adjacent to an activating group) is 1. The van der Waals surface area contributed by atoms with E-state index in [0.29, 0.717) is 29.8 Å². The Labute approximate surface area is 235 Å². The van der Waals surface area contributed by atoms with Gasteiger partial charge in [0, 0.05) is 37.8 Å². The van der Waals surface area contributed by atoms with Crippen molar-refractivity contribution < 1.29 is 18.7 Å². The van der Waals surface area contributed by atoms with Crippen LogP contribution >= 0.6 is 0 Å². The fourth-order valence-corrected chi connectivity index (χ4v) is 5.85. The average molecular weight is 551 g/mol. The van der Waals surface area contributed by atoms with Gasteiger partial charge in [0.05, 0.1) is 18.0 Å². The summed E-state index contributed by atoms with van der Waals surface area (Å²) >= 11 is 0. The van der Waals surface area contributed by atoms with Crippen LogP contribution in [-0.4, -0.2) is 64.6 Å². The molecule has 2 bridgehead atoms. The molecule has 2 aromatic rings. The maximum Gasteiger partial charge on any atom is 0.411 e. The van der Waals surface area contributed by atoms with E-state index in [2.05, 4.69) is 6.07 Å². The first kappa shape index (κ1) is 29.5.